The molecule has 2 aromatic heterocycles. The lowest BCUT2D eigenvalue weighted by molar-refractivity contribution is -0.132. The third kappa shape index (κ3) is 6.33. The highest BCUT2D eigenvalue weighted by molar-refractivity contribution is 8.00. The largest absolute Gasteiger partial charge is 0.507 e. The van der Waals surface area contributed by atoms with Crippen LogP contribution in [0.2, 0.25) is 0 Å². The van der Waals surface area contributed by atoms with Gasteiger partial charge in [-0.15, -0.1) is 10.2 Å². The SMILES string of the molecule is CCCCCOc1ccc(C2C(=C(O)c3ccncc3)C(=O)C(=O)N2c2nnc(SCc3cccc4ccccc34)s2)cc1OC. The Morgan fingerprint density at radius 3 is 2.59 bits per heavy atom. The second-order valence-electron chi connectivity index (χ2n) is 10.6. The van der Waals surface area contributed by atoms with E-state index >= 15 is 0 Å². The van der Waals surface area contributed by atoms with Crippen LogP contribution in [-0.2, 0) is 15.3 Å². The third-order valence-corrected chi connectivity index (χ3v) is 9.84. The van der Waals surface area contributed by atoms with Crippen LogP contribution in [0.4, 0.5) is 5.13 Å². The quantitative estimate of drug-likeness (QED) is 0.0364. The normalized spacial score (nSPS) is 15.9. The van der Waals surface area contributed by atoms with Gasteiger partial charge in [-0.2, -0.15) is 0 Å². The van der Waals surface area contributed by atoms with Crippen molar-refractivity contribution in [3.05, 3.63) is 107 Å². The monoisotopic (exact) mass is 652 g/mol. The molecule has 5 aromatic rings. The number of Topliss-reactive ketones (excluding diaryl/α,β-unsaturated/α-hetero) is 1. The second kappa shape index (κ2) is 14.1. The minimum atomic E-state index is -0.986. The number of hydrogen-bond acceptors (Lipinski definition) is 10. The first kappa shape index (κ1) is 31.3. The first-order chi connectivity index (χ1) is 22.5. The highest BCUT2D eigenvalue weighted by Gasteiger charge is 2.48. The summed E-state index contributed by atoms with van der Waals surface area (Å²) in [4.78, 5) is 32.6. The first-order valence-corrected chi connectivity index (χ1v) is 16.8. The van der Waals surface area contributed by atoms with Crippen LogP contribution in [0.15, 0.2) is 95.1 Å². The molecular formula is C35H32N4O5S2. The summed E-state index contributed by atoms with van der Waals surface area (Å²) in [6, 6.07) is 21.8. The molecule has 3 aromatic carbocycles. The maximum absolute atomic E-state index is 13.7. The molecule has 234 valence electrons. The number of benzene rings is 3. The van der Waals surface area contributed by atoms with Crippen LogP contribution in [0.5, 0.6) is 11.5 Å². The molecule has 46 heavy (non-hydrogen) atoms. The predicted octanol–water partition coefficient (Wildman–Crippen LogP) is 7.58. The summed E-state index contributed by atoms with van der Waals surface area (Å²) in [7, 11) is 1.54. The van der Waals surface area contributed by atoms with Gasteiger partial charge in [0.2, 0.25) is 5.13 Å². The molecule has 11 heteroatoms. The number of methoxy groups -OCH3 is 1. The molecule has 0 aliphatic carbocycles. The van der Waals surface area contributed by atoms with Crippen LogP contribution in [0, 0.1) is 0 Å². The highest BCUT2D eigenvalue weighted by atomic mass is 32.2. The molecule has 1 unspecified atom stereocenters. The molecule has 1 fully saturated rings. The summed E-state index contributed by atoms with van der Waals surface area (Å²) < 4.78 is 12.3. The number of ketones is 1. The molecule has 0 saturated carbocycles. The van der Waals surface area contributed by atoms with Crippen molar-refractivity contribution < 1.29 is 24.2 Å². The molecule has 0 bridgehead atoms. The van der Waals surface area contributed by atoms with Crippen LogP contribution in [0.25, 0.3) is 16.5 Å². The summed E-state index contributed by atoms with van der Waals surface area (Å²) in [5, 5.41) is 22.7. The molecule has 1 aliphatic rings. The van der Waals surface area contributed by atoms with Crippen molar-refractivity contribution in [2.45, 2.75) is 42.3 Å². The summed E-state index contributed by atoms with van der Waals surface area (Å²) >= 11 is 2.73. The number of thioether (sulfide) groups is 1. The molecule has 6 rings (SSSR count). The van der Waals surface area contributed by atoms with Gasteiger partial charge in [-0.05, 0) is 52.6 Å². The van der Waals surface area contributed by atoms with Gasteiger partial charge >= 0.3 is 5.91 Å². The van der Waals surface area contributed by atoms with E-state index in [-0.39, 0.29) is 16.5 Å². The Bertz CT molecular complexity index is 1900. The van der Waals surface area contributed by atoms with Crippen LogP contribution >= 0.6 is 23.1 Å². The Hall–Kier alpha value is -4.74. The zero-order valence-electron chi connectivity index (χ0n) is 25.4. The molecule has 9 nitrogen and oxygen atoms in total. The van der Waals surface area contributed by atoms with Crippen molar-refractivity contribution in [3.63, 3.8) is 0 Å². The van der Waals surface area contributed by atoms with Crippen molar-refractivity contribution in [2.75, 3.05) is 18.6 Å². The van der Waals surface area contributed by atoms with Gasteiger partial charge in [0.25, 0.3) is 5.78 Å². The third-order valence-electron chi connectivity index (χ3n) is 7.74. The number of aliphatic hydroxyl groups excluding tert-OH is 1. The van der Waals surface area contributed by atoms with Gasteiger partial charge in [-0.3, -0.25) is 19.5 Å². The van der Waals surface area contributed by atoms with E-state index in [9.17, 15) is 14.7 Å². The lowest BCUT2D eigenvalue weighted by Gasteiger charge is -2.23. The Kier molecular flexibility index (Phi) is 9.60. The molecule has 1 amide bonds. The second-order valence-corrected chi connectivity index (χ2v) is 12.8. The Balaban J connectivity index is 1.36. The molecule has 1 N–H and O–H groups in total. The highest BCUT2D eigenvalue weighted by Crippen LogP contribution is 2.45. The number of carbonyl (C=O) groups excluding carboxylic acids is 2. The molecule has 1 saturated heterocycles. The number of aliphatic hydroxyl groups is 1. The number of carbonyl (C=O) groups is 2. The molecule has 1 aliphatic heterocycles. The summed E-state index contributed by atoms with van der Waals surface area (Å²) in [5.74, 6) is -0.276. The maximum Gasteiger partial charge on any atom is 0.301 e. The van der Waals surface area contributed by atoms with Crippen molar-refractivity contribution in [1.29, 1.82) is 0 Å². The van der Waals surface area contributed by atoms with Crippen molar-refractivity contribution in [1.82, 2.24) is 15.2 Å². The predicted molar refractivity (Wildman–Crippen MR) is 180 cm³/mol. The van der Waals surface area contributed by atoms with E-state index in [2.05, 4.69) is 46.4 Å². The van der Waals surface area contributed by atoms with Crippen LogP contribution in [0.1, 0.15) is 48.9 Å². The molecule has 1 atom stereocenters. The van der Waals surface area contributed by atoms with E-state index in [1.807, 2.05) is 18.2 Å². The lowest BCUT2D eigenvalue weighted by atomic mass is 9.95. The number of pyridine rings is 1. The van der Waals surface area contributed by atoms with Crippen molar-refractivity contribution in [3.8, 4) is 11.5 Å². The van der Waals surface area contributed by atoms with Crippen LogP contribution in [-0.4, -0.2) is 45.7 Å². The van der Waals surface area contributed by atoms with Crippen LogP contribution < -0.4 is 14.4 Å². The number of unbranched alkanes of at least 4 members (excludes halogenated alkanes) is 2. The maximum atomic E-state index is 13.7. The zero-order valence-corrected chi connectivity index (χ0v) is 27.0. The summed E-state index contributed by atoms with van der Waals surface area (Å²) in [5.41, 5.74) is 2.01. The number of fused-ring (bicyclic) bond motifs is 1. The summed E-state index contributed by atoms with van der Waals surface area (Å²) in [6.45, 7) is 2.66. The number of amides is 1. The van der Waals surface area contributed by atoms with Gasteiger partial charge < -0.3 is 14.6 Å². The Labute approximate surface area is 274 Å². The fraction of sp³-hybridized carbons (Fsp3) is 0.229. The first-order valence-electron chi connectivity index (χ1n) is 14.9. The number of nitrogens with zero attached hydrogens (tertiary/aromatic N) is 4. The number of ether oxygens (including phenoxy) is 2. The van der Waals surface area contributed by atoms with E-state index in [0.29, 0.717) is 39.3 Å². The number of aromatic nitrogens is 3. The van der Waals surface area contributed by atoms with Crippen molar-refractivity contribution >= 4 is 56.5 Å². The topological polar surface area (TPSA) is 115 Å². The molecule has 0 radical (unpaired) electrons. The zero-order chi connectivity index (χ0) is 32.0. The van der Waals surface area contributed by atoms with Gasteiger partial charge in [0.15, 0.2) is 15.8 Å². The minimum absolute atomic E-state index is 0.0602. The van der Waals surface area contributed by atoms with E-state index in [1.165, 1.54) is 47.5 Å². The number of anilines is 1. The smallest absolute Gasteiger partial charge is 0.301 e. The number of hydrogen-bond donors (Lipinski definition) is 1. The minimum Gasteiger partial charge on any atom is -0.507 e. The van der Waals surface area contributed by atoms with Gasteiger partial charge in [-0.25, -0.2) is 0 Å². The van der Waals surface area contributed by atoms with Crippen LogP contribution in [0.3, 0.4) is 0 Å². The molecular weight excluding hydrogens is 621 g/mol. The fourth-order valence-corrected chi connectivity index (χ4v) is 7.31. The van der Waals surface area contributed by atoms with E-state index < -0.39 is 17.7 Å². The van der Waals surface area contributed by atoms with Gasteiger partial charge in [-0.1, -0.05) is 91.4 Å². The van der Waals surface area contributed by atoms with Gasteiger partial charge in [0.05, 0.1) is 25.3 Å². The summed E-state index contributed by atoms with van der Waals surface area (Å²) in [6.07, 6.45) is 6.06. The average Bonchev–Trinajstić information content (AvgIpc) is 3.67. The molecule has 0 spiro atoms. The van der Waals surface area contributed by atoms with E-state index in [4.69, 9.17) is 9.47 Å². The lowest BCUT2D eigenvalue weighted by Crippen LogP contribution is -2.29. The Morgan fingerprint density at radius 1 is 0.978 bits per heavy atom. The van der Waals surface area contributed by atoms with Crippen molar-refractivity contribution in [2.24, 2.45) is 0 Å². The van der Waals surface area contributed by atoms with E-state index in [0.717, 1.165) is 35.6 Å². The van der Waals surface area contributed by atoms with Gasteiger partial charge in [0.1, 0.15) is 5.76 Å². The Morgan fingerprint density at radius 2 is 1.78 bits per heavy atom. The number of rotatable bonds is 12. The van der Waals surface area contributed by atoms with Gasteiger partial charge in [0, 0.05) is 23.7 Å². The standard InChI is InChI=1S/C35H32N4O5S2/c1-3-4-7-19-44-27-14-13-24(20-28(27)43-2)30-29(31(40)23-15-17-36-18-16-23)32(41)33(42)39(30)34-37-38-35(46-34)45-21-25-11-8-10-22-9-5-6-12-26(22)25/h5-6,8-18,20,30,40H,3-4,7,19,21H2,1-2H3. The fourth-order valence-electron chi connectivity index (χ4n) is 5.43. The van der Waals surface area contributed by atoms with E-state index in [1.54, 1.807) is 30.3 Å². The molecule has 3 heterocycles. The average molecular weight is 653 g/mol.